The molecule has 9 heteroatoms. The maximum atomic E-state index is 12.2. The minimum atomic E-state index is -0.462. The van der Waals surface area contributed by atoms with E-state index in [4.69, 9.17) is 4.42 Å². The topological polar surface area (TPSA) is 110 Å². The van der Waals surface area contributed by atoms with E-state index in [0.717, 1.165) is 17.3 Å². The van der Waals surface area contributed by atoms with Crippen molar-refractivity contribution in [3.63, 3.8) is 0 Å². The second-order valence-corrected chi connectivity index (χ2v) is 7.17. The molecule has 148 valence electrons. The van der Waals surface area contributed by atoms with Crippen LogP contribution in [0.5, 0.6) is 0 Å². The number of nitro benzene ring substituents is 1. The molecule has 0 spiro atoms. The normalized spacial score (nSPS) is 16.5. The molecule has 1 aliphatic heterocycles. The van der Waals surface area contributed by atoms with E-state index < -0.39 is 4.92 Å². The third-order valence-corrected chi connectivity index (χ3v) is 4.95. The minimum absolute atomic E-state index is 0.0218. The van der Waals surface area contributed by atoms with Crippen LogP contribution in [0.4, 0.5) is 5.69 Å². The van der Waals surface area contributed by atoms with Gasteiger partial charge in [0.2, 0.25) is 0 Å². The lowest BCUT2D eigenvalue weighted by Gasteiger charge is -1.97. The van der Waals surface area contributed by atoms with Gasteiger partial charge in [-0.1, -0.05) is 42.5 Å². The maximum absolute atomic E-state index is 12.2. The number of carbonyl (C=O) groups is 1. The second-order valence-electron chi connectivity index (χ2n) is 6.13. The highest BCUT2D eigenvalue weighted by Crippen LogP contribution is 2.30. The van der Waals surface area contributed by atoms with Gasteiger partial charge in [-0.05, 0) is 29.5 Å². The first kappa shape index (κ1) is 19.3. The van der Waals surface area contributed by atoms with Crippen LogP contribution < -0.4 is 5.32 Å². The summed E-state index contributed by atoms with van der Waals surface area (Å²) in [5, 5.41) is 22.0. The molecule has 1 amide bonds. The summed E-state index contributed by atoms with van der Waals surface area (Å²) in [4.78, 5) is 23.1. The van der Waals surface area contributed by atoms with E-state index >= 15 is 0 Å². The van der Waals surface area contributed by atoms with Crippen LogP contribution in [-0.2, 0) is 4.79 Å². The van der Waals surface area contributed by atoms with Crippen molar-refractivity contribution in [2.75, 3.05) is 0 Å². The molecule has 2 heterocycles. The number of amides is 1. The van der Waals surface area contributed by atoms with Gasteiger partial charge in [-0.25, -0.2) is 0 Å². The fourth-order valence-corrected chi connectivity index (χ4v) is 3.41. The molecule has 30 heavy (non-hydrogen) atoms. The molecule has 4 rings (SSSR count). The number of thioether (sulfide) groups is 1. The smallest absolute Gasteiger partial charge is 0.270 e. The van der Waals surface area contributed by atoms with E-state index in [9.17, 15) is 14.9 Å². The molecule has 0 saturated carbocycles. The number of non-ortho nitro benzene ring substituents is 1. The summed E-state index contributed by atoms with van der Waals surface area (Å²) in [6, 6.07) is 19.0. The zero-order valence-electron chi connectivity index (χ0n) is 15.4. The van der Waals surface area contributed by atoms with Crippen LogP contribution in [0.15, 0.2) is 86.3 Å². The van der Waals surface area contributed by atoms with Gasteiger partial charge in [0.25, 0.3) is 11.6 Å². The zero-order valence-corrected chi connectivity index (χ0v) is 16.2. The fourth-order valence-electron chi connectivity index (χ4n) is 2.65. The molecule has 1 fully saturated rings. The lowest BCUT2D eigenvalue weighted by Crippen LogP contribution is -2.19. The Hall–Kier alpha value is -3.98. The number of furan rings is 1. The molecule has 0 aliphatic carbocycles. The summed E-state index contributed by atoms with van der Waals surface area (Å²) < 4.78 is 5.73. The van der Waals surface area contributed by atoms with E-state index in [0.29, 0.717) is 27.2 Å². The predicted molar refractivity (Wildman–Crippen MR) is 116 cm³/mol. The zero-order chi connectivity index (χ0) is 20.9. The Labute approximate surface area is 175 Å². The molecule has 1 N–H and O–H groups in total. The predicted octanol–water partition coefficient (Wildman–Crippen LogP) is 4.45. The van der Waals surface area contributed by atoms with Crippen molar-refractivity contribution in [2.24, 2.45) is 10.2 Å². The highest BCUT2D eigenvalue weighted by molar-refractivity contribution is 8.18. The van der Waals surface area contributed by atoms with Crippen LogP contribution in [-0.4, -0.2) is 22.2 Å². The molecule has 1 aromatic heterocycles. The summed E-state index contributed by atoms with van der Waals surface area (Å²) in [5.41, 5.74) is 1.46. The number of nitrogens with zero attached hydrogens (tertiary/aromatic N) is 3. The van der Waals surface area contributed by atoms with Crippen LogP contribution in [0.1, 0.15) is 11.3 Å². The Morgan fingerprint density at radius 1 is 1.07 bits per heavy atom. The van der Waals surface area contributed by atoms with Crippen molar-refractivity contribution in [3.8, 4) is 11.3 Å². The van der Waals surface area contributed by atoms with Gasteiger partial charge in [0.05, 0.1) is 16.0 Å². The first-order valence-electron chi connectivity index (χ1n) is 8.80. The molecule has 1 saturated heterocycles. The largest absolute Gasteiger partial charge is 0.457 e. The molecule has 8 nitrogen and oxygen atoms in total. The van der Waals surface area contributed by atoms with E-state index in [1.54, 1.807) is 36.6 Å². The van der Waals surface area contributed by atoms with Gasteiger partial charge < -0.3 is 4.42 Å². The number of amidine groups is 1. The van der Waals surface area contributed by atoms with E-state index in [-0.39, 0.29) is 11.6 Å². The number of carbonyl (C=O) groups excluding carboxylic acids is 1. The summed E-state index contributed by atoms with van der Waals surface area (Å²) >= 11 is 1.15. The molecule has 2 aromatic carbocycles. The van der Waals surface area contributed by atoms with Gasteiger partial charge in [-0.2, -0.15) is 5.10 Å². The highest BCUT2D eigenvalue weighted by atomic mass is 32.2. The monoisotopic (exact) mass is 418 g/mol. The molecule has 0 atom stereocenters. The molecule has 0 unspecified atom stereocenters. The van der Waals surface area contributed by atoms with E-state index in [1.807, 2.05) is 30.3 Å². The molecule has 0 radical (unpaired) electrons. The van der Waals surface area contributed by atoms with Crippen LogP contribution >= 0.6 is 11.8 Å². The number of hydrogen-bond donors (Lipinski definition) is 1. The van der Waals surface area contributed by atoms with Crippen molar-refractivity contribution in [2.45, 2.75) is 0 Å². The Morgan fingerprint density at radius 3 is 2.70 bits per heavy atom. The molecule has 1 aliphatic rings. The second kappa shape index (κ2) is 8.58. The van der Waals surface area contributed by atoms with Gasteiger partial charge in [-0.3, -0.25) is 20.2 Å². The third-order valence-electron chi connectivity index (χ3n) is 4.05. The lowest BCUT2D eigenvalue weighted by atomic mass is 10.1. The van der Waals surface area contributed by atoms with Crippen molar-refractivity contribution in [1.82, 2.24) is 5.32 Å². The fraction of sp³-hybridized carbons (Fsp3) is 0. The Kier molecular flexibility index (Phi) is 5.53. The number of nitro groups is 1. The average Bonchev–Trinajstić information content (AvgIpc) is 3.36. The summed E-state index contributed by atoms with van der Waals surface area (Å²) in [6.07, 6.45) is 3.18. The molecular weight excluding hydrogens is 404 g/mol. The SMILES string of the molecule is O=C1NC(=NN=Cc2ccccc2)SC1=Cc1ccc(-c2cccc([N+](=O)[O-])c2)o1. The van der Waals surface area contributed by atoms with Gasteiger partial charge in [0, 0.05) is 23.8 Å². The van der Waals surface area contributed by atoms with Gasteiger partial charge in [0.15, 0.2) is 5.17 Å². The Bertz CT molecular complexity index is 1200. The third kappa shape index (κ3) is 4.53. The maximum Gasteiger partial charge on any atom is 0.270 e. The molecule has 3 aromatic rings. The molecular formula is C21H14N4O4S. The van der Waals surface area contributed by atoms with Crippen LogP contribution in [0.25, 0.3) is 17.4 Å². The van der Waals surface area contributed by atoms with Crippen molar-refractivity contribution >= 4 is 40.8 Å². The molecule has 0 bridgehead atoms. The van der Waals surface area contributed by atoms with Gasteiger partial charge >= 0.3 is 0 Å². The van der Waals surface area contributed by atoms with Crippen molar-refractivity contribution < 1.29 is 14.1 Å². The summed E-state index contributed by atoms with van der Waals surface area (Å²) in [7, 11) is 0. The van der Waals surface area contributed by atoms with Gasteiger partial charge in [-0.15, -0.1) is 5.10 Å². The lowest BCUT2D eigenvalue weighted by molar-refractivity contribution is -0.384. The Balaban J connectivity index is 1.48. The first-order chi connectivity index (χ1) is 14.6. The van der Waals surface area contributed by atoms with Crippen molar-refractivity contribution in [1.29, 1.82) is 0 Å². The standard InChI is InChI=1S/C21H14N4O4S/c26-20-19(30-21(23-20)24-22-13-14-5-2-1-3-6-14)12-17-9-10-18(29-17)15-7-4-8-16(11-15)25(27)28/h1-13H,(H,23,24,26). The highest BCUT2D eigenvalue weighted by Gasteiger charge is 2.24. The minimum Gasteiger partial charge on any atom is -0.457 e. The van der Waals surface area contributed by atoms with Crippen molar-refractivity contribution in [3.05, 3.63) is 93.1 Å². The Morgan fingerprint density at radius 2 is 1.90 bits per heavy atom. The number of nitrogens with one attached hydrogen (secondary N) is 1. The van der Waals surface area contributed by atoms with Crippen LogP contribution in [0, 0.1) is 10.1 Å². The van der Waals surface area contributed by atoms with E-state index in [2.05, 4.69) is 15.5 Å². The first-order valence-corrected chi connectivity index (χ1v) is 9.62. The summed E-state index contributed by atoms with van der Waals surface area (Å²) in [6.45, 7) is 0. The number of hydrogen-bond acceptors (Lipinski definition) is 7. The van der Waals surface area contributed by atoms with Crippen LogP contribution in [0.2, 0.25) is 0 Å². The quantitative estimate of drug-likeness (QED) is 0.285. The summed E-state index contributed by atoms with van der Waals surface area (Å²) in [5.74, 6) is 0.612. The van der Waals surface area contributed by atoms with E-state index in [1.165, 1.54) is 12.1 Å². The van der Waals surface area contributed by atoms with Crippen LogP contribution in [0.3, 0.4) is 0 Å². The number of rotatable bonds is 5. The number of benzene rings is 2. The average molecular weight is 418 g/mol. The van der Waals surface area contributed by atoms with Gasteiger partial charge in [0.1, 0.15) is 11.5 Å².